The molecule has 0 bridgehead atoms. The molecule has 2 aromatic heterocycles. The summed E-state index contributed by atoms with van der Waals surface area (Å²) >= 11 is 2.49. The van der Waals surface area contributed by atoms with Crippen LogP contribution in [0.25, 0.3) is 21.3 Å². The second-order valence-electron chi connectivity index (χ2n) is 13.8. The minimum absolute atomic E-state index is 0.0245. The molecule has 0 N–H and O–H groups in total. The van der Waals surface area contributed by atoms with Gasteiger partial charge in [-0.25, -0.2) is 24.2 Å². The zero-order chi connectivity index (χ0) is 44.2. The highest BCUT2D eigenvalue weighted by atomic mass is 32.1. The number of benzene rings is 4. The normalized spacial score (nSPS) is 11.0. The van der Waals surface area contributed by atoms with Crippen LogP contribution in [0.15, 0.2) is 114 Å². The number of carbonyl (C=O) groups excluding carboxylic acids is 4. The third-order valence-corrected chi connectivity index (χ3v) is 10.7. The molecule has 63 heavy (non-hydrogen) atoms. The summed E-state index contributed by atoms with van der Waals surface area (Å²) in [6, 6.07) is 21.7. The first kappa shape index (κ1) is 45.7. The molecule has 6 rings (SSSR count). The summed E-state index contributed by atoms with van der Waals surface area (Å²) in [5.74, 6) is -0.403. The van der Waals surface area contributed by atoms with Crippen LogP contribution in [0.3, 0.4) is 0 Å². The van der Waals surface area contributed by atoms with Crippen molar-refractivity contribution in [1.29, 1.82) is 0 Å². The van der Waals surface area contributed by atoms with Gasteiger partial charge in [0.05, 0.1) is 66.0 Å². The van der Waals surface area contributed by atoms with E-state index in [9.17, 15) is 19.2 Å². The Kier molecular flexibility index (Phi) is 17.4. The smallest absolute Gasteiger partial charge is 0.343 e. The van der Waals surface area contributed by atoms with Crippen molar-refractivity contribution in [3.8, 4) is 23.0 Å². The Bertz CT molecular complexity index is 2490. The van der Waals surface area contributed by atoms with Gasteiger partial charge < -0.3 is 28.4 Å². The second kappa shape index (κ2) is 24.0. The lowest BCUT2D eigenvalue weighted by Gasteiger charge is -2.12. The fourth-order valence-corrected chi connectivity index (χ4v) is 7.24. The van der Waals surface area contributed by atoms with Gasteiger partial charge in [-0.3, -0.25) is 0 Å². The van der Waals surface area contributed by atoms with Crippen LogP contribution in [0.2, 0.25) is 0 Å². The van der Waals surface area contributed by atoms with E-state index >= 15 is 0 Å². The first-order valence-corrected chi connectivity index (χ1v) is 21.8. The summed E-state index contributed by atoms with van der Waals surface area (Å²) in [6.07, 6.45) is 9.10. The largest absolute Gasteiger partial charge is 0.494 e. The highest BCUT2D eigenvalue weighted by Crippen LogP contribution is 2.32. The van der Waals surface area contributed by atoms with Crippen LogP contribution in [0, 0.1) is 0 Å². The first-order valence-electron chi connectivity index (χ1n) is 20.3. The molecule has 0 saturated heterocycles. The summed E-state index contributed by atoms with van der Waals surface area (Å²) in [7, 11) is 0. The maximum Gasteiger partial charge on any atom is 0.343 e. The molecule has 4 aromatic carbocycles. The lowest BCUT2D eigenvalue weighted by atomic mass is 10.1. The number of nitrogens with zero attached hydrogens (tertiary/aromatic N) is 5. The van der Waals surface area contributed by atoms with E-state index in [2.05, 4.69) is 37.1 Å². The fraction of sp³-hybridized carbons (Fsp3) is 0.283. The molecule has 0 amide bonds. The maximum atomic E-state index is 13.4. The van der Waals surface area contributed by atoms with Gasteiger partial charge in [0.2, 0.25) is 5.13 Å². The van der Waals surface area contributed by atoms with Crippen LogP contribution < -0.4 is 18.9 Å². The second-order valence-corrected chi connectivity index (χ2v) is 15.4. The van der Waals surface area contributed by atoms with Crippen LogP contribution >= 0.6 is 23.1 Å². The summed E-state index contributed by atoms with van der Waals surface area (Å²) in [5.41, 5.74) is 3.31. The lowest BCUT2D eigenvalue weighted by molar-refractivity contribution is -0.138. The Balaban J connectivity index is 1.05. The molecule has 0 radical (unpaired) electrons. The number of carbonyl (C=O) groups is 4. The molecule has 0 aliphatic heterocycles. The van der Waals surface area contributed by atoms with Gasteiger partial charge in [0.15, 0.2) is 0 Å². The Morgan fingerprint density at radius 2 is 1.11 bits per heavy atom. The summed E-state index contributed by atoms with van der Waals surface area (Å²) in [4.78, 5) is 53.4. The molecule has 0 saturated carbocycles. The van der Waals surface area contributed by atoms with Crippen molar-refractivity contribution in [2.24, 2.45) is 10.2 Å². The standard InChI is InChI=1S/C46H45N5O10S2/c1-3-42(52)58-25-11-7-5-9-23-56-34-17-13-31(14-18-34)44(54)60-36-21-22-40(33(27-36)30-47-49-46-48-39-28-37-38(51-63-50-37)29-41(39)62-46)61-45(55)32-15-19-35(20-16-32)57-24-10-6-8-12-26-59-43(53)4-2/h3-4,13-22,27-29H,1-2,5-12,23-26,30H2. The number of esters is 4. The third-order valence-electron chi connectivity index (χ3n) is 9.21. The predicted molar refractivity (Wildman–Crippen MR) is 238 cm³/mol. The number of unbranched alkanes of at least 4 members (excludes halogenated alkanes) is 6. The molecular weight excluding hydrogens is 847 g/mol. The van der Waals surface area contributed by atoms with Crippen molar-refractivity contribution in [2.45, 2.75) is 57.9 Å². The lowest BCUT2D eigenvalue weighted by Crippen LogP contribution is -2.11. The molecule has 0 unspecified atom stereocenters. The van der Waals surface area contributed by atoms with Gasteiger partial charge in [0.25, 0.3) is 0 Å². The van der Waals surface area contributed by atoms with Gasteiger partial charge in [0.1, 0.15) is 34.0 Å². The quantitative estimate of drug-likeness (QED) is 0.0174. The number of fused-ring (bicyclic) bond motifs is 2. The Morgan fingerprint density at radius 3 is 1.68 bits per heavy atom. The zero-order valence-corrected chi connectivity index (χ0v) is 36.0. The number of aromatic nitrogens is 3. The molecule has 0 spiro atoms. The maximum absolute atomic E-state index is 13.4. The van der Waals surface area contributed by atoms with Gasteiger partial charge in [-0.2, -0.15) is 13.9 Å². The van der Waals surface area contributed by atoms with Gasteiger partial charge >= 0.3 is 23.9 Å². The van der Waals surface area contributed by atoms with Crippen molar-refractivity contribution < 1.29 is 47.6 Å². The molecule has 15 nitrogen and oxygen atoms in total. The SMILES string of the molecule is C=CC(=O)OCCCCCCOc1ccc(C(=O)Oc2ccc(OC(=O)c3ccc(OCCCCCCOC(=O)C=C)cc3)c(CN=Nc3nc4cc5nsnc5cc4s3)c2)cc1. The van der Waals surface area contributed by atoms with Crippen LogP contribution in [0.1, 0.15) is 77.6 Å². The summed E-state index contributed by atoms with van der Waals surface area (Å²) in [6.45, 7) is 8.46. The fourth-order valence-electron chi connectivity index (χ4n) is 5.91. The minimum atomic E-state index is -0.608. The molecule has 0 aliphatic rings. The van der Waals surface area contributed by atoms with E-state index < -0.39 is 23.9 Å². The van der Waals surface area contributed by atoms with Crippen molar-refractivity contribution in [3.05, 3.63) is 121 Å². The van der Waals surface area contributed by atoms with E-state index in [1.807, 2.05) is 12.1 Å². The van der Waals surface area contributed by atoms with Gasteiger partial charge in [-0.15, -0.1) is 5.11 Å². The van der Waals surface area contributed by atoms with Crippen LogP contribution in [0.5, 0.6) is 23.0 Å². The van der Waals surface area contributed by atoms with Gasteiger partial charge in [-0.05, 0) is 130 Å². The van der Waals surface area contributed by atoms with E-state index in [4.69, 9.17) is 28.4 Å². The van der Waals surface area contributed by atoms with E-state index in [0.717, 1.165) is 96.5 Å². The summed E-state index contributed by atoms with van der Waals surface area (Å²) < 4.78 is 42.7. The van der Waals surface area contributed by atoms with Crippen LogP contribution in [-0.4, -0.2) is 64.0 Å². The molecule has 2 heterocycles. The molecule has 0 aliphatic carbocycles. The molecule has 6 aromatic rings. The van der Waals surface area contributed by atoms with Crippen LogP contribution in [-0.2, 0) is 25.6 Å². The van der Waals surface area contributed by atoms with Crippen molar-refractivity contribution in [1.82, 2.24) is 13.7 Å². The Labute approximate surface area is 371 Å². The molecule has 17 heteroatoms. The average Bonchev–Trinajstić information content (AvgIpc) is 3.93. The van der Waals surface area contributed by atoms with Gasteiger partial charge in [-0.1, -0.05) is 24.5 Å². The minimum Gasteiger partial charge on any atom is -0.494 e. The number of rotatable bonds is 25. The third kappa shape index (κ3) is 14.4. The monoisotopic (exact) mass is 891 g/mol. The number of ether oxygens (including phenoxy) is 6. The van der Waals surface area contributed by atoms with Gasteiger partial charge in [0, 0.05) is 17.7 Å². The van der Waals surface area contributed by atoms with E-state index in [1.54, 1.807) is 60.7 Å². The highest BCUT2D eigenvalue weighted by molar-refractivity contribution is 7.22. The van der Waals surface area contributed by atoms with Crippen molar-refractivity contribution >= 4 is 73.3 Å². The zero-order valence-electron chi connectivity index (χ0n) is 34.4. The van der Waals surface area contributed by atoms with E-state index in [1.165, 1.54) is 17.4 Å². The molecule has 0 atom stereocenters. The van der Waals surface area contributed by atoms with E-state index in [0.29, 0.717) is 59.7 Å². The molecule has 326 valence electrons. The first-order chi connectivity index (χ1) is 30.8. The highest BCUT2D eigenvalue weighted by Gasteiger charge is 2.16. The number of hydrogen-bond acceptors (Lipinski definition) is 17. The van der Waals surface area contributed by atoms with Crippen molar-refractivity contribution in [2.75, 3.05) is 26.4 Å². The molecular formula is C46H45N5O10S2. The Morgan fingerprint density at radius 1 is 0.587 bits per heavy atom. The Hall–Kier alpha value is -6.85. The average molecular weight is 892 g/mol. The van der Waals surface area contributed by atoms with E-state index in [-0.39, 0.29) is 18.0 Å². The predicted octanol–water partition coefficient (Wildman–Crippen LogP) is 10.4. The summed E-state index contributed by atoms with van der Waals surface area (Å²) in [5, 5.41) is 9.13. The van der Waals surface area contributed by atoms with Crippen molar-refractivity contribution in [3.63, 3.8) is 0 Å². The molecule has 0 fully saturated rings. The topological polar surface area (TPSA) is 187 Å². The number of hydrogen-bond donors (Lipinski definition) is 0. The van der Waals surface area contributed by atoms with Crippen LogP contribution in [0.4, 0.5) is 5.13 Å². The number of azo groups is 1. The number of thiazole rings is 1.